The molecule has 0 aromatic heterocycles. The standard InChI is InChI=1S/C19H14F2O2.C2H6/c1-12(22)15-10-14-4-2-3-5-17(14)18(11-15)13-6-8-16(9-7-13)23-19(20)21;1-2/h2-11,19H,1H3;1-2H3. The summed E-state index contributed by atoms with van der Waals surface area (Å²) in [5, 5.41) is 1.96. The molecule has 0 aliphatic heterocycles. The number of carbonyl (C=O) groups excluding carboxylic acids is 1. The van der Waals surface area contributed by atoms with Gasteiger partial charge < -0.3 is 4.74 Å². The lowest BCUT2D eigenvalue weighted by Gasteiger charge is -2.10. The van der Waals surface area contributed by atoms with Gasteiger partial charge in [0.1, 0.15) is 5.75 Å². The van der Waals surface area contributed by atoms with Crippen LogP contribution in [-0.4, -0.2) is 12.4 Å². The summed E-state index contributed by atoms with van der Waals surface area (Å²) in [5.41, 5.74) is 2.34. The highest BCUT2D eigenvalue weighted by molar-refractivity contribution is 6.04. The predicted octanol–water partition coefficient (Wildman–Crippen LogP) is 6.34. The van der Waals surface area contributed by atoms with Crippen molar-refractivity contribution in [2.45, 2.75) is 27.4 Å². The Morgan fingerprint density at radius 1 is 0.960 bits per heavy atom. The van der Waals surface area contributed by atoms with E-state index in [2.05, 4.69) is 4.74 Å². The zero-order chi connectivity index (χ0) is 18.4. The van der Waals surface area contributed by atoms with Crippen LogP contribution in [0.15, 0.2) is 60.7 Å². The van der Waals surface area contributed by atoms with Crippen LogP contribution in [0.2, 0.25) is 0 Å². The summed E-state index contributed by atoms with van der Waals surface area (Å²) >= 11 is 0. The van der Waals surface area contributed by atoms with Crippen LogP contribution < -0.4 is 4.74 Å². The lowest BCUT2D eigenvalue weighted by molar-refractivity contribution is -0.0498. The molecule has 0 atom stereocenters. The predicted molar refractivity (Wildman–Crippen MR) is 97.4 cm³/mol. The second-order valence-corrected chi connectivity index (χ2v) is 5.20. The molecule has 0 saturated heterocycles. The van der Waals surface area contributed by atoms with E-state index >= 15 is 0 Å². The van der Waals surface area contributed by atoms with Gasteiger partial charge in [-0.2, -0.15) is 8.78 Å². The molecule has 0 N–H and O–H groups in total. The second-order valence-electron chi connectivity index (χ2n) is 5.20. The number of fused-ring (bicyclic) bond motifs is 1. The van der Waals surface area contributed by atoms with Crippen LogP contribution in [0.4, 0.5) is 8.78 Å². The fourth-order valence-electron chi connectivity index (χ4n) is 2.57. The Morgan fingerprint density at radius 2 is 1.60 bits per heavy atom. The molecular formula is C21H20F2O2. The third kappa shape index (κ3) is 4.41. The van der Waals surface area contributed by atoms with E-state index in [-0.39, 0.29) is 11.5 Å². The maximum Gasteiger partial charge on any atom is 0.387 e. The molecule has 0 amide bonds. The fraction of sp³-hybridized carbons (Fsp3) is 0.190. The number of halogens is 2. The SMILES string of the molecule is CC.CC(=O)c1cc(-c2ccc(OC(F)F)cc2)c2ccccc2c1. The number of hydrogen-bond acceptors (Lipinski definition) is 2. The summed E-state index contributed by atoms with van der Waals surface area (Å²) in [6, 6.07) is 17.9. The molecule has 0 aliphatic carbocycles. The van der Waals surface area contributed by atoms with Crippen LogP contribution in [0.5, 0.6) is 5.75 Å². The van der Waals surface area contributed by atoms with Gasteiger partial charge in [0.05, 0.1) is 0 Å². The summed E-state index contributed by atoms with van der Waals surface area (Å²) in [6.07, 6.45) is 0. The van der Waals surface area contributed by atoms with Crippen LogP contribution in [0.1, 0.15) is 31.1 Å². The summed E-state index contributed by atoms with van der Waals surface area (Å²) in [4.78, 5) is 11.7. The summed E-state index contributed by atoms with van der Waals surface area (Å²) in [5.74, 6) is 0.0884. The molecule has 130 valence electrons. The third-order valence-corrected chi connectivity index (χ3v) is 3.66. The molecule has 0 saturated carbocycles. The lowest BCUT2D eigenvalue weighted by Crippen LogP contribution is -2.01. The minimum atomic E-state index is -2.84. The molecule has 0 unspecified atom stereocenters. The maximum absolute atomic E-state index is 12.2. The zero-order valence-electron chi connectivity index (χ0n) is 14.4. The average molecular weight is 342 g/mol. The first-order chi connectivity index (χ1) is 12.0. The van der Waals surface area contributed by atoms with Crippen LogP contribution in [0, 0.1) is 0 Å². The topological polar surface area (TPSA) is 26.3 Å². The molecule has 0 heterocycles. The molecule has 3 aromatic rings. The van der Waals surface area contributed by atoms with E-state index in [0.29, 0.717) is 5.56 Å². The van der Waals surface area contributed by atoms with E-state index < -0.39 is 6.61 Å². The molecule has 3 rings (SSSR count). The maximum atomic E-state index is 12.2. The Balaban J connectivity index is 0.00000109. The first-order valence-corrected chi connectivity index (χ1v) is 8.13. The van der Waals surface area contributed by atoms with E-state index in [0.717, 1.165) is 21.9 Å². The molecular weight excluding hydrogens is 322 g/mol. The first-order valence-electron chi connectivity index (χ1n) is 8.13. The number of alkyl halides is 2. The van der Waals surface area contributed by atoms with Crippen molar-refractivity contribution in [3.05, 3.63) is 66.2 Å². The highest BCUT2D eigenvalue weighted by atomic mass is 19.3. The first kappa shape index (κ1) is 18.6. The van der Waals surface area contributed by atoms with Gasteiger partial charge in [-0.3, -0.25) is 4.79 Å². The molecule has 25 heavy (non-hydrogen) atoms. The normalized spacial score (nSPS) is 10.3. The summed E-state index contributed by atoms with van der Waals surface area (Å²) in [6.45, 7) is 2.68. The molecule has 0 fully saturated rings. The summed E-state index contributed by atoms with van der Waals surface area (Å²) < 4.78 is 28.8. The molecule has 0 bridgehead atoms. The number of benzene rings is 3. The van der Waals surface area contributed by atoms with Gasteiger partial charge in [0.25, 0.3) is 0 Å². The van der Waals surface area contributed by atoms with E-state index in [1.165, 1.54) is 19.1 Å². The number of hydrogen-bond donors (Lipinski definition) is 0. The number of ether oxygens (including phenoxy) is 1. The second kappa shape index (κ2) is 8.38. The number of carbonyl (C=O) groups is 1. The zero-order valence-corrected chi connectivity index (χ0v) is 14.4. The van der Waals surface area contributed by atoms with Gasteiger partial charge in [-0.25, -0.2) is 0 Å². The molecule has 0 radical (unpaired) electrons. The van der Waals surface area contributed by atoms with Crippen LogP contribution in [0.3, 0.4) is 0 Å². The van der Waals surface area contributed by atoms with Crippen molar-refractivity contribution in [2.75, 3.05) is 0 Å². The van der Waals surface area contributed by atoms with Gasteiger partial charge in [0, 0.05) is 5.56 Å². The Labute approximate surface area is 146 Å². The van der Waals surface area contributed by atoms with Crippen LogP contribution >= 0.6 is 0 Å². The fourth-order valence-corrected chi connectivity index (χ4v) is 2.57. The highest BCUT2D eigenvalue weighted by Crippen LogP contribution is 2.31. The van der Waals surface area contributed by atoms with Crippen LogP contribution in [-0.2, 0) is 0 Å². The Bertz CT molecular complexity index is 855. The van der Waals surface area contributed by atoms with Gasteiger partial charge in [-0.1, -0.05) is 50.2 Å². The van der Waals surface area contributed by atoms with E-state index in [1.54, 1.807) is 12.1 Å². The molecule has 0 spiro atoms. The third-order valence-electron chi connectivity index (χ3n) is 3.66. The molecule has 0 aliphatic rings. The highest BCUT2D eigenvalue weighted by Gasteiger charge is 2.10. The van der Waals surface area contributed by atoms with Crippen molar-refractivity contribution < 1.29 is 18.3 Å². The van der Waals surface area contributed by atoms with Gasteiger partial charge >= 0.3 is 6.61 Å². The monoisotopic (exact) mass is 342 g/mol. The van der Waals surface area contributed by atoms with Gasteiger partial charge in [-0.15, -0.1) is 0 Å². The molecule has 4 heteroatoms. The average Bonchev–Trinajstić information content (AvgIpc) is 2.62. The van der Waals surface area contributed by atoms with Crippen molar-refractivity contribution in [2.24, 2.45) is 0 Å². The van der Waals surface area contributed by atoms with E-state index in [9.17, 15) is 13.6 Å². The quantitative estimate of drug-likeness (QED) is 0.517. The largest absolute Gasteiger partial charge is 0.435 e. The van der Waals surface area contributed by atoms with E-state index in [4.69, 9.17) is 0 Å². The van der Waals surface area contributed by atoms with Gasteiger partial charge in [0.2, 0.25) is 0 Å². The lowest BCUT2D eigenvalue weighted by atomic mass is 9.94. The number of Topliss-reactive ketones (excluding diaryl/α,β-unsaturated/α-hetero) is 1. The number of rotatable bonds is 4. The van der Waals surface area contributed by atoms with Crippen molar-refractivity contribution in [3.63, 3.8) is 0 Å². The van der Waals surface area contributed by atoms with Gasteiger partial charge in [-0.05, 0) is 53.1 Å². The molecule has 2 nitrogen and oxygen atoms in total. The smallest absolute Gasteiger partial charge is 0.387 e. The van der Waals surface area contributed by atoms with E-state index in [1.807, 2.05) is 50.2 Å². The minimum Gasteiger partial charge on any atom is -0.435 e. The van der Waals surface area contributed by atoms with Crippen molar-refractivity contribution in [1.29, 1.82) is 0 Å². The summed E-state index contributed by atoms with van der Waals surface area (Å²) in [7, 11) is 0. The Kier molecular flexibility index (Phi) is 6.23. The molecule has 3 aromatic carbocycles. The van der Waals surface area contributed by atoms with Crippen molar-refractivity contribution >= 4 is 16.6 Å². The Hall–Kier alpha value is -2.75. The number of ketones is 1. The van der Waals surface area contributed by atoms with Crippen molar-refractivity contribution in [3.8, 4) is 16.9 Å². The Morgan fingerprint density at radius 3 is 2.20 bits per heavy atom. The van der Waals surface area contributed by atoms with Crippen molar-refractivity contribution in [1.82, 2.24) is 0 Å². The van der Waals surface area contributed by atoms with Crippen LogP contribution in [0.25, 0.3) is 21.9 Å². The minimum absolute atomic E-state index is 0.0188. The van der Waals surface area contributed by atoms with Gasteiger partial charge in [0.15, 0.2) is 5.78 Å².